The number of hydrogen-bond donors (Lipinski definition) is 1. The van der Waals surface area contributed by atoms with E-state index in [0.29, 0.717) is 5.56 Å². The first-order chi connectivity index (χ1) is 9.75. The van der Waals surface area contributed by atoms with Crippen molar-refractivity contribution in [2.24, 2.45) is 0 Å². The molecule has 1 N–H and O–H groups in total. The van der Waals surface area contributed by atoms with Crippen LogP contribution in [0.5, 0.6) is 0 Å². The number of β-lactam (4-membered cyclic amide) rings is 1. The van der Waals surface area contributed by atoms with Crippen LogP contribution < -0.4 is 5.32 Å². The van der Waals surface area contributed by atoms with Crippen molar-refractivity contribution in [3.63, 3.8) is 0 Å². The molecule has 1 amide bonds. The van der Waals surface area contributed by atoms with E-state index in [1.165, 1.54) is 0 Å². The Morgan fingerprint density at radius 3 is 2.15 bits per heavy atom. The van der Waals surface area contributed by atoms with Crippen molar-refractivity contribution in [3.05, 3.63) is 71.8 Å². The Labute approximate surface area is 116 Å². The van der Waals surface area contributed by atoms with E-state index in [4.69, 9.17) is 4.74 Å². The summed E-state index contributed by atoms with van der Waals surface area (Å²) in [6.07, 6.45) is -0.759. The summed E-state index contributed by atoms with van der Waals surface area (Å²) in [4.78, 5) is 23.6. The lowest BCUT2D eigenvalue weighted by Crippen LogP contribution is -2.57. The van der Waals surface area contributed by atoms with E-state index < -0.39 is 12.1 Å². The zero-order valence-electron chi connectivity index (χ0n) is 10.7. The highest BCUT2D eigenvalue weighted by Crippen LogP contribution is 2.27. The molecule has 2 unspecified atom stereocenters. The van der Waals surface area contributed by atoms with Gasteiger partial charge in [0.1, 0.15) is 6.04 Å². The maximum atomic E-state index is 12.0. The number of carbonyl (C=O) groups excluding carboxylic acids is 2. The average molecular weight is 267 g/mol. The molecule has 1 aliphatic rings. The molecule has 0 aliphatic carbocycles. The van der Waals surface area contributed by atoms with Gasteiger partial charge >= 0.3 is 5.97 Å². The molecular formula is C16H13NO3. The third kappa shape index (κ3) is 2.28. The molecule has 100 valence electrons. The molecule has 0 saturated carbocycles. The fraction of sp³-hybridized carbons (Fsp3) is 0.125. The summed E-state index contributed by atoms with van der Waals surface area (Å²) in [7, 11) is 0. The van der Waals surface area contributed by atoms with E-state index in [0.717, 1.165) is 5.56 Å². The van der Waals surface area contributed by atoms with Crippen LogP contribution in [0.15, 0.2) is 60.7 Å². The lowest BCUT2D eigenvalue weighted by Gasteiger charge is -2.36. The van der Waals surface area contributed by atoms with Crippen LogP contribution in [-0.2, 0) is 9.53 Å². The molecule has 1 heterocycles. The quantitative estimate of drug-likeness (QED) is 0.684. The number of carbonyl (C=O) groups is 2. The van der Waals surface area contributed by atoms with Crippen LogP contribution in [0.4, 0.5) is 0 Å². The van der Waals surface area contributed by atoms with Crippen LogP contribution in [0, 0.1) is 0 Å². The third-order valence-electron chi connectivity index (χ3n) is 3.26. The molecule has 0 aromatic heterocycles. The van der Waals surface area contributed by atoms with Crippen molar-refractivity contribution in [2.75, 3.05) is 0 Å². The molecule has 20 heavy (non-hydrogen) atoms. The van der Waals surface area contributed by atoms with Crippen LogP contribution in [0.25, 0.3) is 0 Å². The van der Waals surface area contributed by atoms with E-state index in [1.807, 2.05) is 36.4 Å². The van der Waals surface area contributed by atoms with Gasteiger partial charge in [-0.3, -0.25) is 4.79 Å². The molecule has 1 aliphatic heterocycles. The zero-order chi connectivity index (χ0) is 13.9. The van der Waals surface area contributed by atoms with E-state index in [9.17, 15) is 9.59 Å². The van der Waals surface area contributed by atoms with Crippen molar-refractivity contribution >= 4 is 11.9 Å². The second-order valence-corrected chi connectivity index (χ2v) is 4.59. The smallest absolute Gasteiger partial charge is 0.338 e. The van der Waals surface area contributed by atoms with E-state index in [2.05, 4.69) is 5.32 Å². The number of nitrogens with one attached hydrogen (secondary N) is 1. The summed E-state index contributed by atoms with van der Waals surface area (Å²) in [5.41, 5.74) is 1.37. The van der Waals surface area contributed by atoms with Crippen LogP contribution in [0.1, 0.15) is 22.0 Å². The Hall–Kier alpha value is -2.62. The maximum Gasteiger partial charge on any atom is 0.338 e. The predicted molar refractivity (Wildman–Crippen MR) is 73.0 cm³/mol. The average Bonchev–Trinajstić information content (AvgIpc) is 2.51. The molecule has 0 radical (unpaired) electrons. The summed E-state index contributed by atoms with van der Waals surface area (Å²) in [5, 5.41) is 2.75. The van der Waals surface area contributed by atoms with E-state index >= 15 is 0 Å². The Morgan fingerprint density at radius 1 is 0.950 bits per heavy atom. The number of esters is 1. The topological polar surface area (TPSA) is 55.4 Å². The first-order valence-electron chi connectivity index (χ1n) is 6.37. The standard InChI is InChI=1S/C16H13NO3/c18-15-14(13(17-15)11-7-3-1-4-8-11)20-16(19)12-9-5-2-6-10-12/h1-10,13-14H,(H,17,18). The largest absolute Gasteiger partial charge is 0.446 e. The van der Waals surface area contributed by atoms with Gasteiger partial charge < -0.3 is 10.1 Å². The summed E-state index contributed by atoms with van der Waals surface area (Å²) >= 11 is 0. The molecule has 4 nitrogen and oxygen atoms in total. The first kappa shape index (κ1) is 12.4. The van der Waals surface area contributed by atoms with Crippen molar-refractivity contribution in [1.29, 1.82) is 0 Å². The van der Waals surface area contributed by atoms with Gasteiger partial charge in [-0.15, -0.1) is 0 Å². The minimum atomic E-state index is -0.759. The molecule has 2 atom stereocenters. The highest BCUT2D eigenvalue weighted by Gasteiger charge is 2.43. The van der Waals surface area contributed by atoms with Gasteiger partial charge in [0.2, 0.25) is 6.10 Å². The fourth-order valence-electron chi connectivity index (χ4n) is 2.16. The van der Waals surface area contributed by atoms with Gasteiger partial charge in [0.15, 0.2) is 0 Å². The number of ether oxygens (including phenoxy) is 1. The molecule has 0 spiro atoms. The van der Waals surface area contributed by atoms with Gasteiger partial charge in [-0.05, 0) is 17.7 Å². The van der Waals surface area contributed by atoms with E-state index in [1.54, 1.807) is 24.3 Å². The molecule has 2 aromatic rings. The molecule has 1 saturated heterocycles. The van der Waals surface area contributed by atoms with Crippen molar-refractivity contribution in [3.8, 4) is 0 Å². The van der Waals surface area contributed by atoms with Crippen LogP contribution >= 0.6 is 0 Å². The second-order valence-electron chi connectivity index (χ2n) is 4.59. The third-order valence-corrected chi connectivity index (χ3v) is 3.26. The molecular weight excluding hydrogens is 254 g/mol. The lowest BCUT2D eigenvalue weighted by atomic mass is 9.94. The lowest BCUT2D eigenvalue weighted by molar-refractivity contribution is -0.143. The highest BCUT2D eigenvalue weighted by atomic mass is 16.6. The van der Waals surface area contributed by atoms with Gasteiger partial charge in [0.05, 0.1) is 5.56 Å². The molecule has 0 bridgehead atoms. The number of hydrogen-bond acceptors (Lipinski definition) is 3. The minimum absolute atomic E-state index is 0.261. The summed E-state index contributed by atoms with van der Waals surface area (Å²) < 4.78 is 5.30. The molecule has 3 rings (SSSR count). The number of benzene rings is 2. The second kappa shape index (κ2) is 5.17. The molecule has 2 aromatic carbocycles. The van der Waals surface area contributed by atoms with E-state index in [-0.39, 0.29) is 11.9 Å². The normalized spacial score (nSPS) is 20.7. The predicted octanol–water partition coefficient (Wildman–Crippen LogP) is 2.08. The van der Waals surface area contributed by atoms with Gasteiger partial charge in [0.25, 0.3) is 5.91 Å². The highest BCUT2D eigenvalue weighted by molar-refractivity contribution is 5.95. The number of rotatable bonds is 3. The van der Waals surface area contributed by atoms with Gasteiger partial charge in [-0.1, -0.05) is 48.5 Å². The minimum Gasteiger partial charge on any atom is -0.446 e. The van der Waals surface area contributed by atoms with Crippen LogP contribution in [-0.4, -0.2) is 18.0 Å². The Bertz CT molecular complexity index is 625. The first-order valence-corrected chi connectivity index (χ1v) is 6.37. The van der Waals surface area contributed by atoms with Gasteiger partial charge in [0, 0.05) is 0 Å². The zero-order valence-corrected chi connectivity index (χ0v) is 10.7. The van der Waals surface area contributed by atoms with Crippen LogP contribution in [0.2, 0.25) is 0 Å². The maximum absolute atomic E-state index is 12.0. The molecule has 1 fully saturated rings. The number of amides is 1. The van der Waals surface area contributed by atoms with Gasteiger partial charge in [-0.2, -0.15) is 0 Å². The van der Waals surface area contributed by atoms with Crippen molar-refractivity contribution in [2.45, 2.75) is 12.1 Å². The van der Waals surface area contributed by atoms with Gasteiger partial charge in [-0.25, -0.2) is 4.79 Å². The fourth-order valence-corrected chi connectivity index (χ4v) is 2.16. The SMILES string of the molecule is O=C(OC1C(=O)NC1c1ccccc1)c1ccccc1. The molecule has 4 heteroatoms. The summed E-state index contributed by atoms with van der Waals surface area (Å²) in [6.45, 7) is 0. The summed E-state index contributed by atoms with van der Waals surface area (Å²) in [6, 6.07) is 17.9. The van der Waals surface area contributed by atoms with Crippen LogP contribution in [0.3, 0.4) is 0 Å². The Morgan fingerprint density at radius 2 is 1.55 bits per heavy atom. The Balaban J connectivity index is 1.73. The van der Waals surface area contributed by atoms with Crippen molar-refractivity contribution in [1.82, 2.24) is 5.32 Å². The monoisotopic (exact) mass is 267 g/mol. The Kier molecular flexibility index (Phi) is 3.21. The van der Waals surface area contributed by atoms with Crippen molar-refractivity contribution < 1.29 is 14.3 Å². The summed E-state index contributed by atoms with van der Waals surface area (Å²) in [5.74, 6) is -0.741.